The molecule has 128 valence electrons. The maximum absolute atomic E-state index is 12.2. The fraction of sp³-hybridized carbons (Fsp3) is 0.200. The van der Waals surface area contributed by atoms with Gasteiger partial charge in [-0.3, -0.25) is 4.79 Å². The third-order valence-electron chi connectivity index (χ3n) is 3.96. The topological polar surface area (TPSA) is 56.1 Å². The van der Waals surface area contributed by atoms with E-state index in [1.807, 2.05) is 30.5 Å². The van der Waals surface area contributed by atoms with Gasteiger partial charge in [0.1, 0.15) is 11.6 Å². The lowest BCUT2D eigenvalue weighted by molar-refractivity contribution is 0.0953. The van der Waals surface area contributed by atoms with Crippen LogP contribution in [0.3, 0.4) is 0 Å². The van der Waals surface area contributed by atoms with E-state index in [1.54, 1.807) is 31.5 Å². The minimum Gasteiger partial charge on any atom is -0.497 e. The van der Waals surface area contributed by atoms with Crippen molar-refractivity contribution in [2.24, 2.45) is 0 Å². The second kappa shape index (κ2) is 8.15. The maximum Gasteiger partial charge on any atom is 0.251 e. The molecule has 0 unspecified atom stereocenters. The molecule has 2 aromatic carbocycles. The van der Waals surface area contributed by atoms with E-state index in [1.165, 1.54) is 5.56 Å². The Labute approximate surface area is 147 Å². The van der Waals surface area contributed by atoms with Crippen LogP contribution in [0.25, 0.3) is 0 Å². The van der Waals surface area contributed by atoms with E-state index in [-0.39, 0.29) is 5.91 Å². The van der Waals surface area contributed by atoms with Gasteiger partial charge >= 0.3 is 0 Å². The molecular formula is C20H21N3O2. The number of benzene rings is 2. The summed E-state index contributed by atoms with van der Waals surface area (Å²) in [5.74, 6) is 1.51. The fourth-order valence-electron chi connectivity index (χ4n) is 2.65. The number of aromatic nitrogens is 2. The van der Waals surface area contributed by atoms with Crippen molar-refractivity contribution in [3.63, 3.8) is 0 Å². The molecule has 1 aromatic heterocycles. The zero-order chi connectivity index (χ0) is 17.5. The summed E-state index contributed by atoms with van der Waals surface area (Å²) in [6.07, 6.45) is 4.43. The number of rotatable bonds is 7. The Morgan fingerprint density at radius 2 is 2.00 bits per heavy atom. The second-order valence-corrected chi connectivity index (χ2v) is 5.69. The zero-order valence-electron chi connectivity index (χ0n) is 14.2. The molecule has 1 N–H and O–H groups in total. The molecule has 0 bridgehead atoms. The van der Waals surface area contributed by atoms with E-state index in [2.05, 4.69) is 27.0 Å². The van der Waals surface area contributed by atoms with Crippen LogP contribution in [0.4, 0.5) is 0 Å². The molecular weight excluding hydrogens is 314 g/mol. The van der Waals surface area contributed by atoms with Crippen molar-refractivity contribution in [2.45, 2.75) is 13.0 Å². The number of nitrogens with zero attached hydrogens (tertiary/aromatic N) is 2. The maximum atomic E-state index is 12.2. The number of imidazole rings is 1. The average Bonchev–Trinajstić information content (AvgIpc) is 3.09. The monoisotopic (exact) mass is 335 g/mol. The van der Waals surface area contributed by atoms with Crippen LogP contribution in [0.1, 0.15) is 21.7 Å². The third kappa shape index (κ3) is 4.47. The molecule has 1 amide bonds. The molecule has 0 aliphatic heterocycles. The van der Waals surface area contributed by atoms with E-state index < -0.39 is 0 Å². The summed E-state index contributed by atoms with van der Waals surface area (Å²) in [4.78, 5) is 16.6. The van der Waals surface area contributed by atoms with E-state index in [9.17, 15) is 4.79 Å². The van der Waals surface area contributed by atoms with Crippen LogP contribution in [0.15, 0.2) is 67.0 Å². The van der Waals surface area contributed by atoms with Gasteiger partial charge in [-0.05, 0) is 23.8 Å². The van der Waals surface area contributed by atoms with E-state index >= 15 is 0 Å². The number of hydrogen-bond acceptors (Lipinski definition) is 3. The molecule has 0 fully saturated rings. The number of carbonyl (C=O) groups is 1. The van der Waals surface area contributed by atoms with E-state index in [0.717, 1.165) is 12.4 Å². The Balaban J connectivity index is 1.56. The van der Waals surface area contributed by atoms with Crippen LogP contribution < -0.4 is 10.1 Å². The predicted octanol–water partition coefficient (Wildman–Crippen LogP) is 2.91. The normalized spacial score (nSPS) is 10.4. The summed E-state index contributed by atoms with van der Waals surface area (Å²) in [5.41, 5.74) is 1.81. The number of amides is 1. The van der Waals surface area contributed by atoms with Crippen molar-refractivity contribution in [3.8, 4) is 5.75 Å². The predicted molar refractivity (Wildman–Crippen MR) is 96.8 cm³/mol. The Morgan fingerprint density at radius 1 is 1.16 bits per heavy atom. The first-order valence-corrected chi connectivity index (χ1v) is 8.22. The molecule has 0 radical (unpaired) electrons. The minimum absolute atomic E-state index is 0.111. The first-order chi connectivity index (χ1) is 12.3. The molecule has 3 aromatic rings. The Bertz CT molecular complexity index is 828. The van der Waals surface area contributed by atoms with Gasteiger partial charge in [0.25, 0.3) is 5.91 Å². The summed E-state index contributed by atoms with van der Waals surface area (Å²) >= 11 is 0. The van der Waals surface area contributed by atoms with Crippen LogP contribution in [0.5, 0.6) is 5.75 Å². The van der Waals surface area contributed by atoms with Gasteiger partial charge in [0.15, 0.2) is 0 Å². The molecule has 5 heteroatoms. The Kier molecular flexibility index (Phi) is 5.46. The Hall–Kier alpha value is -3.08. The van der Waals surface area contributed by atoms with Crippen LogP contribution >= 0.6 is 0 Å². The lowest BCUT2D eigenvalue weighted by Crippen LogP contribution is -2.26. The molecule has 0 aliphatic rings. The van der Waals surface area contributed by atoms with Crippen LogP contribution in [0.2, 0.25) is 0 Å². The number of carbonyl (C=O) groups excluding carboxylic acids is 1. The number of nitrogens with one attached hydrogen (secondary N) is 1. The standard InChI is InChI=1S/C20H21N3O2/c1-25-18-9-5-8-17(14-18)20(24)22-11-10-19-21-12-13-23(19)15-16-6-3-2-4-7-16/h2-9,12-14H,10-11,15H2,1H3,(H,22,24). The SMILES string of the molecule is COc1cccc(C(=O)NCCc2nccn2Cc2ccccc2)c1. The summed E-state index contributed by atoms with van der Waals surface area (Å²) in [6.45, 7) is 1.31. The van der Waals surface area contributed by atoms with E-state index in [4.69, 9.17) is 4.74 Å². The van der Waals surface area contributed by atoms with Crippen molar-refractivity contribution in [2.75, 3.05) is 13.7 Å². The van der Waals surface area contributed by atoms with Crippen molar-refractivity contribution in [1.29, 1.82) is 0 Å². The highest BCUT2D eigenvalue weighted by atomic mass is 16.5. The van der Waals surface area contributed by atoms with Gasteiger partial charge in [-0.15, -0.1) is 0 Å². The number of methoxy groups -OCH3 is 1. The average molecular weight is 335 g/mol. The van der Waals surface area contributed by atoms with Gasteiger partial charge in [-0.25, -0.2) is 4.98 Å². The molecule has 0 spiro atoms. The zero-order valence-corrected chi connectivity index (χ0v) is 14.2. The van der Waals surface area contributed by atoms with Gasteiger partial charge in [0, 0.05) is 37.5 Å². The molecule has 0 saturated heterocycles. The van der Waals surface area contributed by atoms with Crippen molar-refractivity contribution >= 4 is 5.91 Å². The molecule has 1 heterocycles. The minimum atomic E-state index is -0.111. The van der Waals surface area contributed by atoms with Gasteiger partial charge in [-0.1, -0.05) is 36.4 Å². The number of ether oxygens (including phenoxy) is 1. The fourth-order valence-corrected chi connectivity index (χ4v) is 2.65. The van der Waals surface area contributed by atoms with Crippen LogP contribution in [-0.4, -0.2) is 29.1 Å². The summed E-state index contributed by atoms with van der Waals surface area (Å²) in [6, 6.07) is 17.4. The van der Waals surface area contributed by atoms with Crippen LogP contribution in [0, 0.1) is 0 Å². The number of hydrogen-bond donors (Lipinski definition) is 1. The second-order valence-electron chi connectivity index (χ2n) is 5.69. The highest BCUT2D eigenvalue weighted by Crippen LogP contribution is 2.12. The lowest BCUT2D eigenvalue weighted by Gasteiger charge is -2.09. The van der Waals surface area contributed by atoms with E-state index in [0.29, 0.717) is 24.3 Å². The largest absolute Gasteiger partial charge is 0.497 e. The summed E-state index contributed by atoms with van der Waals surface area (Å²) < 4.78 is 7.25. The third-order valence-corrected chi connectivity index (χ3v) is 3.96. The summed E-state index contributed by atoms with van der Waals surface area (Å²) in [5, 5.41) is 2.93. The summed E-state index contributed by atoms with van der Waals surface area (Å²) in [7, 11) is 1.59. The van der Waals surface area contributed by atoms with Crippen molar-refractivity contribution < 1.29 is 9.53 Å². The highest BCUT2D eigenvalue weighted by molar-refractivity contribution is 5.94. The Morgan fingerprint density at radius 3 is 2.80 bits per heavy atom. The van der Waals surface area contributed by atoms with Gasteiger partial charge < -0.3 is 14.6 Å². The molecule has 3 rings (SSSR count). The quantitative estimate of drug-likeness (QED) is 0.722. The molecule has 0 atom stereocenters. The first kappa shape index (κ1) is 16.8. The highest BCUT2D eigenvalue weighted by Gasteiger charge is 2.08. The van der Waals surface area contributed by atoms with Gasteiger partial charge in [0.2, 0.25) is 0 Å². The van der Waals surface area contributed by atoms with Gasteiger partial charge in [-0.2, -0.15) is 0 Å². The first-order valence-electron chi connectivity index (χ1n) is 8.22. The van der Waals surface area contributed by atoms with Crippen LogP contribution in [-0.2, 0) is 13.0 Å². The van der Waals surface area contributed by atoms with Crippen molar-refractivity contribution in [3.05, 3.63) is 83.9 Å². The molecule has 0 saturated carbocycles. The molecule has 25 heavy (non-hydrogen) atoms. The smallest absolute Gasteiger partial charge is 0.251 e. The van der Waals surface area contributed by atoms with Crippen molar-refractivity contribution in [1.82, 2.24) is 14.9 Å². The molecule has 5 nitrogen and oxygen atoms in total. The lowest BCUT2D eigenvalue weighted by atomic mass is 10.2. The van der Waals surface area contributed by atoms with Gasteiger partial charge in [0.05, 0.1) is 7.11 Å². The molecule has 0 aliphatic carbocycles.